The number of furan rings is 1. The molecule has 1 aliphatic rings. The van der Waals surface area contributed by atoms with E-state index < -0.39 is 0 Å². The summed E-state index contributed by atoms with van der Waals surface area (Å²) < 4.78 is 17.6. The van der Waals surface area contributed by atoms with Gasteiger partial charge in [-0.25, -0.2) is 0 Å². The van der Waals surface area contributed by atoms with E-state index in [1.165, 1.54) is 0 Å². The van der Waals surface area contributed by atoms with Crippen LogP contribution in [0, 0.1) is 0 Å². The van der Waals surface area contributed by atoms with Crippen LogP contribution < -0.4 is 5.32 Å². The summed E-state index contributed by atoms with van der Waals surface area (Å²) in [6, 6.07) is 1.93. The largest absolute Gasteiger partial charge is 0.466 e. The molecular weight excluding hydrogens is 274 g/mol. The summed E-state index contributed by atoms with van der Waals surface area (Å²) in [6.45, 7) is 4.84. The lowest BCUT2D eigenvalue weighted by Gasteiger charge is -2.29. The van der Waals surface area contributed by atoms with E-state index in [2.05, 4.69) is 28.2 Å². The maximum Gasteiger partial charge on any atom is 0.137 e. The van der Waals surface area contributed by atoms with Gasteiger partial charge in [-0.05, 0) is 28.5 Å². The van der Waals surface area contributed by atoms with Gasteiger partial charge in [-0.15, -0.1) is 0 Å². The van der Waals surface area contributed by atoms with Crippen LogP contribution in [0.15, 0.2) is 21.2 Å². The fraction of sp³-hybridized carbons (Fsp3) is 0.636. The van der Waals surface area contributed by atoms with Crippen molar-refractivity contribution in [3.63, 3.8) is 0 Å². The van der Waals surface area contributed by atoms with Crippen LogP contribution in [0.3, 0.4) is 0 Å². The van der Waals surface area contributed by atoms with Crippen molar-refractivity contribution in [1.82, 2.24) is 5.32 Å². The van der Waals surface area contributed by atoms with Gasteiger partial charge in [0.25, 0.3) is 0 Å². The molecule has 1 N–H and O–H groups in total. The first-order chi connectivity index (χ1) is 7.83. The molecule has 1 saturated heterocycles. The maximum atomic E-state index is 5.70. The molecule has 0 bridgehead atoms. The number of likely N-dealkylation sites (N-methyl/N-ethyl adjacent to an activating group) is 1. The van der Waals surface area contributed by atoms with E-state index >= 15 is 0 Å². The lowest BCUT2D eigenvalue weighted by Crippen LogP contribution is -2.40. The third-order valence-electron chi connectivity index (χ3n) is 2.56. The second kappa shape index (κ2) is 5.82. The Balaban J connectivity index is 2.12. The highest BCUT2D eigenvalue weighted by Crippen LogP contribution is 2.29. The van der Waals surface area contributed by atoms with E-state index in [0.717, 1.165) is 16.8 Å². The van der Waals surface area contributed by atoms with Gasteiger partial charge in [0.1, 0.15) is 11.9 Å². The van der Waals surface area contributed by atoms with Crippen molar-refractivity contribution in [2.24, 2.45) is 0 Å². The maximum absolute atomic E-state index is 5.70. The molecule has 0 aliphatic carbocycles. The minimum atomic E-state index is 0.0103. The van der Waals surface area contributed by atoms with Crippen molar-refractivity contribution < 1.29 is 13.9 Å². The summed E-state index contributed by atoms with van der Waals surface area (Å²) in [5.74, 6) is 0.873. The fourth-order valence-electron chi connectivity index (χ4n) is 1.84. The number of hydrogen-bond donors (Lipinski definition) is 1. The van der Waals surface area contributed by atoms with Crippen molar-refractivity contribution >= 4 is 15.9 Å². The van der Waals surface area contributed by atoms with Crippen LogP contribution in [-0.2, 0) is 9.47 Å². The lowest BCUT2D eigenvalue weighted by molar-refractivity contribution is -0.104. The van der Waals surface area contributed by atoms with Crippen molar-refractivity contribution in [3.8, 4) is 0 Å². The highest BCUT2D eigenvalue weighted by atomic mass is 79.9. The summed E-state index contributed by atoms with van der Waals surface area (Å²) in [6.07, 6.45) is 1.68. The first kappa shape index (κ1) is 12.1. The molecule has 0 spiro atoms. The summed E-state index contributed by atoms with van der Waals surface area (Å²) in [5, 5.41) is 3.37. The Hall–Kier alpha value is -0.360. The average Bonchev–Trinajstić information content (AvgIpc) is 2.73. The minimum absolute atomic E-state index is 0.0103. The third kappa shape index (κ3) is 2.66. The molecule has 1 aromatic heterocycles. The Bertz CT molecular complexity index is 323. The van der Waals surface area contributed by atoms with E-state index in [1.807, 2.05) is 6.07 Å². The second-order valence-electron chi connectivity index (χ2n) is 3.65. The topological polar surface area (TPSA) is 43.6 Å². The molecule has 2 rings (SSSR count). The van der Waals surface area contributed by atoms with E-state index in [-0.39, 0.29) is 12.1 Å². The standard InChI is InChI=1S/C11H16BrNO3/c1-2-13-10(9-7-14-5-6-15-9)11-8(12)3-4-16-11/h3-4,9-10,13H,2,5-7H2,1H3. The molecule has 1 aromatic rings. The summed E-state index contributed by atoms with van der Waals surface area (Å²) in [5.41, 5.74) is 0. The fourth-order valence-corrected chi connectivity index (χ4v) is 2.29. The zero-order valence-electron chi connectivity index (χ0n) is 9.24. The van der Waals surface area contributed by atoms with Gasteiger partial charge in [0, 0.05) is 0 Å². The molecule has 2 heterocycles. The van der Waals surface area contributed by atoms with Crippen molar-refractivity contribution in [2.45, 2.75) is 19.1 Å². The smallest absolute Gasteiger partial charge is 0.137 e. The molecule has 0 amide bonds. The van der Waals surface area contributed by atoms with Crippen molar-refractivity contribution in [3.05, 3.63) is 22.6 Å². The third-order valence-corrected chi connectivity index (χ3v) is 3.22. The number of rotatable bonds is 4. The molecular formula is C11H16BrNO3. The molecule has 1 aliphatic heterocycles. The zero-order valence-corrected chi connectivity index (χ0v) is 10.8. The van der Waals surface area contributed by atoms with Crippen LogP contribution in [-0.4, -0.2) is 32.5 Å². The quantitative estimate of drug-likeness (QED) is 0.922. The summed E-state index contributed by atoms with van der Waals surface area (Å²) in [4.78, 5) is 0. The van der Waals surface area contributed by atoms with Gasteiger partial charge in [0.05, 0.1) is 36.6 Å². The van der Waals surface area contributed by atoms with Crippen LogP contribution in [0.5, 0.6) is 0 Å². The van der Waals surface area contributed by atoms with Gasteiger partial charge in [-0.1, -0.05) is 6.92 Å². The van der Waals surface area contributed by atoms with Crippen molar-refractivity contribution in [2.75, 3.05) is 26.4 Å². The van der Waals surface area contributed by atoms with Gasteiger partial charge in [-0.3, -0.25) is 0 Å². The number of ether oxygens (including phenoxy) is 2. The van der Waals surface area contributed by atoms with Crippen LogP contribution in [0.4, 0.5) is 0 Å². The zero-order chi connectivity index (χ0) is 11.4. The highest BCUT2D eigenvalue weighted by molar-refractivity contribution is 9.10. The van der Waals surface area contributed by atoms with E-state index in [1.54, 1.807) is 6.26 Å². The number of halogens is 1. The van der Waals surface area contributed by atoms with Crippen LogP contribution >= 0.6 is 15.9 Å². The van der Waals surface area contributed by atoms with Gasteiger partial charge in [0.2, 0.25) is 0 Å². The molecule has 16 heavy (non-hydrogen) atoms. The predicted molar refractivity (Wildman–Crippen MR) is 63.4 cm³/mol. The Morgan fingerprint density at radius 3 is 3.00 bits per heavy atom. The molecule has 0 saturated carbocycles. The van der Waals surface area contributed by atoms with E-state index in [0.29, 0.717) is 19.8 Å². The van der Waals surface area contributed by atoms with Crippen LogP contribution in [0.2, 0.25) is 0 Å². The first-order valence-electron chi connectivity index (χ1n) is 5.48. The van der Waals surface area contributed by atoms with E-state index in [9.17, 15) is 0 Å². The Morgan fingerprint density at radius 1 is 1.56 bits per heavy atom. The average molecular weight is 290 g/mol. The normalized spacial score (nSPS) is 23.2. The summed E-state index contributed by atoms with van der Waals surface area (Å²) >= 11 is 3.47. The van der Waals surface area contributed by atoms with Gasteiger partial charge in [-0.2, -0.15) is 0 Å². The Kier molecular flexibility index (Phi) is 4.40. The Labute approximate surface area is 103 Å². The molecule has 2 atom stereocenters. The van der Waals surface area contributed by atoms with Gasteiger partial charge >= 0.3 is 0 Å². The van der Waals surface area contributed by atoms with Crippen LogP contribution in [0.1, 0.15) is 18.7 Å². The second-order valence-corrected chi connectivity index (χ2v) is 4.51. The minimum Gasteiger partial charge on any atom is -0.466 e. The monoisotopic (exact) mass is 289 g/mol. The van der Waals surface area contributed by atoms with E-state index in [4.69, 9.17) is 13.9 Å². The van der Waals surface area contributed by atoms with Crippen LogP contribution in [0.25, 0.3) is 0 Å². The number of nitrogens with one attached hydrogen (secondary N) is 1. The Morgan fingerprint density at radius 2 is 2.44 bits per heavy atom. The molecule has 90 valence electrons. The predicted octanol–water partition coefficient (Wildman–Crippen LogP) is 2.11. The molecule has 1 fully saturated rings. The SMILES string of the molecule is CCNC(c1occc1Br)C1COCCO1. The summed E-state index contributed by atoms with van der Waals surface area (Å²) in [7, 11) is 0. The molecule has 0 aromatic carbocycles. The molecule has 0 radical (unpaired) electrons. The molecule has 5 heteroatoms. The molecule has 2 unspecified atom stereocenters. The molecule has 4 nitrogen and oxygen atoms in total. The lowest BCUT2D eigenvalue weighted by atomic mass is 10.1. The van der Waals surface area contributed by atoms with Gasteiger partial charge < -0.3 is 19.2 Å². The first-order valence-corrected chi connectivity index (χ1v) is 6.28. The number of hydrogen-bond acceptors (Lipinski definition) is 4. The van der Waals surface area contributed by atoms with Gasteiger partial charge in [0.15, 0.2) is 0 Å². The van der Waals surface area contributed by atoms with Crippen molar-refractivity contribution in [1.29, 1.82) is 0 Å². The highest BCUT2D eigenvalue weighted by Gasteiger charge is 2.29.